The van der Waals surface area contributed by atoms with Crippen LogP contribution in [-0.2, 0) is 0 Å². The molecule has 0 bridgehead atoms. The smallest absolute Gasteiger partial charge is 0.0585 e. The van der Waals surface area contributed by atoms with Crippen molar-refractivity contribution in [3.63, 3.8) is 0 Å². The van der Waals surface area contributed by atoms with E-state index in [-0.39, 0.29) is 6.04 Å². The minimum atomic E-state index is 0.234. The maximum Gasteiger partial charge on any atom is 0.0585 e. The van der Waals surface area contributed by atoms with E-state index in [0.29, 0.717) is 18.0 Å². The lowest BCUT2D eigenvalue weighted by atomic mass is 9.83. The Hall–Kier alpha value is -5.02. The first-order valence-corrected chi connectivity index (χ1v) is 16.9. The Balaban J connectivity index is 1.11. The third kappa shape index (κ3) is 5.30. The van der Waals surface area contributed by atoms with E-state index in [1.807, 2.05) is 0 Å². The van der Waals surface area contributed by atoms with Crippen LogP contribution in [0.4, 0.5) is 22.7 Å². The quantitative estimate of drug-likeness (QED) is 0.192. The highest BCUT2D eigenvalue weighted by atomic mass is 15.2. The number of rotatable bonds is 8. The van der Waals surface area contributed by atoms with E-state index >= 15 is 0 Å². The summed E-state index contributed by atoms with van der Waals surface area (Å²) < 4.78 is 0. The summed E-state index contributed by atoms with van der Waals surface area (Å²) in [5.41, 5.74) is 6.37. The Morgan fingerprint density at radius 1 is 0.652 bits per heavy atom. The predicted molar refractivity (Wildman–Crippen MR) is 196 cm³/mol. The zero-order chi connectivity index (χ0) is 30.9. The van der Waals surface area contributed by atoms with Gasteiger partial charge in [-0.3, -0.25) is 0 Å². The van der Waals surface area contributed by atoms with Gasteiger partial charge < -0.3 is 15.1 Å². The molecule has 0 saturated heterocycles. The maximum atomic E-state index is 3.96. The molecular weight excluding hydrogens is 558 g/mol. The molecule has 1 saturated carbocycles. The van der Waals surface area contributed by atoms with Crippen molar-refractivity contribution in [2.24, 2.45) is 5.92 Å². The number of hydrogen-bond acceptors (Lipinski definition) is 3. The molecule has 3 nitrogen and oxygen atoms in total. The van der Waals surface area contributed by atoms with Crippen LogP contribution in [-0.4, -0.2) is 18.1 Å². The first kappa shape index (κ1) is 28.5. The largest absolute Gasteiger partial charge is 0.380 e. The second-order valence-corrected chi connectivity index (χ2v) is 12.9. The van der Waals surface area contributed by atoms with Gasteiger partial charge in [0.05, 0.1) is 12.1 Å². The SMILES string of the molecule is CC1C=CC=CC1N(c1ccc(N[C@@H]2CCC2N(C2=c3ccccc3=CCC2)c2ccccc2)cc1)c1cccc2ccccc12. The van der Waals surface area contributed by atoms with Crippen LogP contribution < -0.4 is 25.6 Å². The summed E-state index contributed by atoms with van der Waals surface area (Å²) in [5, 5.41) is 9.24. The minimum Gasteiger partial charge on any atom is -0.380 e. The van der Waals surface area contributed by atoms with E-state index in [2.05, 4.69) is 174 Å². The summed E-state index contributed by atoms with van der Waals surface area (Å²) in [7, 11) is 0. The summed E-state index contributed by atoms with van der Waals surface area (Å²) in [6.07, 6.45) is 15.9. The van der Waals surface area contributed by atoms with Crippen molar-refractivity contribution in [3.05, 3.63) is 156 Å². The lowest BCUT2D eigenvalue weighted by molar-refractivity contribution is 0.364. The van der Waals surface area contributed by atoms with E-state index < -0.39 is 0 Å². The molecule has 0 heterocycles. The van der Waals surface area contributed by atoms with Crippen molar-refractivity contribution in [1.82, 2.24) is 0 Å². The fourth-order valence-electron chi connectivity index (χ4n) is 7.63. The van der Waals surface area contributed by atoms with Crippen molar-refractivity contribution >= 4 is 45.3 Å². The maximum absolute atomic E-state index is 3.96. The number of anilines is 4. The predicted octanol–water partition coefficient (Wildman–Crippen LogP) is 8.94. The van der Waals surface area contributed by atoms with Gasteiger partial charge in [0, 0.05) is 45.1 Å². The molecule has 0 spiro atoms. The Kier molecular flexibility index (Phi) is 7.67. The van der Waals surface area contributed by atoms with Crippen LogP contribution in [0.15, 0.2) is 146 Å². The topological polar surface area (TPSA) is 18.5 Å². The number of para-hydroxylation sites is 1. The Morgan fingerprint density at radius 3 is 2.22 bits per heavy atom. The first-order valence-electron chi connectivity index (χ1n) is 16.9. The van der Waals surface area contributed by atoms with Gasteiger partial charge in [-0.1, -0.05) is 116 Å². The summed E-state index contributed by atoms with van der Waals surface area (Å²) in [5.74, 6) is 0.390. The summed E-state index contributed by atoms with van der Waals surface area (Å²) in [4.78, 5) is 5.17. The zero-order valence-corrected chi connectivity index (χ0v) is 26.5. The van der Waals surface area contributed by atoms with Crippen molar-refractivity contribution in [2.45, 2.75) is 50.7 Å². The van der Waals surface area contributed by atoms with Crippen LogP contribution in [0.25, 0.3) is 22.5 Å². The van der Waals surface area contributed by atoms with Gasteiger partial charge in [0.25, 0.3) is 0 Å². The van der Waals surface area contributed by atoms with Crippen LogP contribution in [0.5, 0.6) is 0 Å². The highest BCUT2D eigenvalue weighted by molar-refractivity contribution is 5.96. The Bertz CT molecular complexity index is 2020. The molecule has 46 heavy (non-hydrogen) atoms. The molecule has 3 aliphatic carbocycles. The molecule has 3 heteroatoms. The van der Waals surface area contributed by atoms with Gasteiger partial charge in [-0.2, -0.15) is 0 Å². The third-order valence-electron chi connectivity index (χ3n) is 10.1. The second kappa shape index (κ2) is 12.4. The lowest BCUT2D eigenvalue weighted by Gasteiger charge is -2.47. The van der Waals surface area contributed by atoms with Crippen molar-refractivity contribution < 1.29 is 0 Å². The first-order chi connectivity index (χ1) is 22.7. The van der Waals surface area contributed by atoms with Crippen molar-refractivity contribution in [1.29, 1.82) is 0 Å². The number of nitrogens with one attached hydrogen (secondary N) is 1. The Labute approximate surface area is 272 Å². The highest BCUT2D eigenvalue weighted by Gasteiger charge is 2.38. The monoisotopic (exact) mass is 599 g/mol. The summed E-state index contributed by atoms with van der Waals surface area (Å²) in [6.45, 7) is 2.31. The normalized spacial score (nSPS) is 21.6. The van der Waals surface area contributed by atoms with Crippen LogP contribution >= 0.6 is 0 Å². The van der Waals surface area contributed by atoms with E-state index in [0.717, 1.165) is 19.3 Å². The molecule has 5 aromatic rings. The van der Waals surface area contributed by atoms with Gasteiger partial charge in [0.15, 0.2) is 0 Å². The molecular formula is C43H41N3. The zero-order valence-electron chi connectivity index (χ0n) is 26.5. The summed E-state index contributed by atoms with van der Waals surface area (Å²) in [6, 6.07) is 45.5. The number of fused-ring (bicyclic) bond motifs is 2. The molecule has 0 radical (unpaired) electrons. The average Bonchev–Trinajstić information content (AvgIpc) is 3.11. The average molecular weight is 600 g/mol. The fourth-order valence-corrected chi connectivity index (χ4v) is 7.63. The standard InChI is InChI=1S/C43H41N3/c1-31-13-5-10-22-40(31)45(41-23-11-16-32-14-6-8-20-37(32)41)36-27-25-34(26-28-36)44-39-29-30-43(39)46(35-18-3-2-4-19-35)42-24-12-17-33-15-7-9-21-38(33)42/h2-11,13-23,25-28,31,39-40,43-44H,12,24,29-30H2,1H3/t31?,39-,40?,43?/m1/s1. The van der Waals surface area contributed by atoms with Crippen LogP contribution in [0.3, 0.4) is 0 Å². The molecule has 0 amide bonds. The number of nitrogens with zero attached hydrogens (tertiary/aromatic N) is 2. The molecule has 3 aliphatic rings. The van der Waals surface area contributed by atoms with E-state index in [1.54, 1.807) is 0 Å². The van der Waals surface area contributed by atoms with Gasteiger partial charge in [-0.15, -0.1) is 0 Å². The molecule has 1 fully saturated rings. The minimum absolute atomic E-state index is 0.234. The molecule has 4 atom stereocenters. The van der Waals surface area contributed by atoms with Gasteiger partial charge in [-0.05, 0) is 84.7 Å². The lowest BCUT2D eigenvalue weighted by Crippen LogP contribution is -2.55. The van der Waals surface area contributed by atoms with Gasteiger partial charge in [-0.25, -0.2) is 0 Å². The molecule has 5 aromatic carbocycles. The number of benzene rings is 5. The molecule has 0 aliphatic heterocycles. The number of allylic oxidation sites excluding steroid dienone is 2. The molecule has 0 aromatic heterocycles. The second-order valence-electron chi connectivity index (χ2n) is 12.9. The third-order valence-corrected chi connectivity index (χ3v) is 10.1. The van der Waals surface area contributed by atoms with Gasteiger partial charge in [0.1, 0.15) is 0 Å². The van der Waals surface area contributed by atoms with Crippen molar-refractivity contribution in [2.75, 3.05) is 15.1 Å². The highest BCUT2D eigenvalue weighted by Crippen LogP contribution is 2.39. The molecule has 228 valence electrons. The molecule has 8 rings (SSSR count). The van der Waals surface area contributed by atoms with E-state index in [1.165, 1.54) is 56.1 Å². The summed E-state index contributed by atoms with van der Waals surface area (Å²) >= 11 is 0. The van der Waals surface area contributed by atoms with Crippen LogP contribution in [0.2, 0.25) is 0 Å². The van der Waals surface area contributed by atoms with Crippen molar-refractivity contribution in [3.8, 4) is 0 Å². The Morgan fingerprint density at radius 2 is 1.39 bits per heavy atom. The van der Waals surface area contributed by atoms with E-state index in [9.17, 15) is 0 Å². The van der Waals surface area contributed by atoms with Crippen LogP contribution in [0.1, 0.15) is 32.6 Å². The number of hydrogen-bond donors (Lipinski definition) is 1. The molecule has 1 N–H and O–H groups in total. The molecule has 3 unspecified atom stereocenters. The van der Waals surface area contributed by atoms with E-state index in [4.69, 9.17) is 0 Å². The van der Waals surface area contributed by atoms with Gasteiger partial charge in [0.2, 0.25) is 0 Å². The van der Waals surface area contributed by atoms with Crippen LogP contribution in [0, 0.1) is 5.92 Å². The van der Waals surface area contributed by atoms with Gasteiger partial charge >= 0.3 is 0 Å². The fraction of sp³-hybridized carbons (Fsp3) is 0.209.